The van der Waals surface area contributed by atoms with E-state index in [0.29, 0.717) is 0 Å². The van der Waals surface area contributed by atoms with Gasteiger partial charge in [-0.25, -0.2) is 10.3 Å². The first-order valence-electron chi connectivity index (χ1n) is 4.08. The molecule has 0 radical (unpaired) electrons. The highest BCUT2D eigenvalue weighted by Gasteiger charge is 2.15. The fraction of sp³-hybridized carbons (Fsp3) is 0.250. The molecule has 8 heteroatoms. The predicted molar refractivity (Wildman–Crippen MR) is 56.5 cm³/mol. The van der Waals surface area contributed by atoms with Gasteiger partial charge >= 0.3 is 5.97 Å². The van der Waals surface area contributed by atoms with Gasteiger partial charge < -0.3 is 9.67 Å². The number of carbonyl (C=O) groups excluding carboxylic acids is 1. The molecular weight excluding hydrogens is 259 g/mol. The Kier molecular flexibility index (Phi) is 4.17. The van der Waals surface area contributed by atoms with Crippen molar-refractivity contribution < 1.29 is 19.5 Å². The summed E-state index contributed by atoms with van der Waals surface area (Å²) < 4.78 is 1.35. The molecule has 0 aliphatic carbocycles. The Morgan fingerprint density at radius 3 is 2.62 bits per heavy atom. The normalized spacial score (nSPS) is 10.2. The van der Waals surface area contributed by atoms with Crippen molar-refractivity contribution in [1.82, 2.24) is 10.0 Å². The average molecular weight is 267 g/mol. The first-order valence-corrected chi connectivity index (χ1v) is 4.83. The molecule has 88 valence electrons. The lowest BCUT2D eigenvalue weighted by molar-refractivity contribution is -0.144. The van der Waals surface area contributed by atoms with Gasteiger partial charge in [0.1, 0.15) is 10.8 Å². The van der Waals surface area contributed by atoms with Gasteiger partial charge in [-0.3, -0.25) is 9.63 Å². The zero-order chi connectivity index (χ0) is 12.3. The number of halogens is 2. The standard InChI is InChI=1S/C8H8Cl2N2O4/c1-12-5(2-4(9)7(12)10)8(15)11-16-3-6(13)14/h2H,3H2,1H3,(H,11,15)(H,13,14). The van der Waals surface area contributed by atoms with Crippen LogP contribution in [0.15, 0.2) is 6.07 Å². The summed E-state index contributed by atoms with van der Waals surface area (Å²) in [6, 6.07) is 1.35. The largest absolute Gasteiger partial charge is 0.479 e. The van der Waals surface area contributed by atoms with Gasteiger partial charge in [0.2, 0.25) is 0 Å². The molecule has 0 aliphatic rings. The van der Waals surface area contributed by atoms with Crippen molar-refractivity contribution in [3.8, 4) is 0 Å². The minimum atomic E-state index is -1.19. The molecule has 0 unspecified atom stereocenters. The SMILES string of the molecule is Cn1c(C(=O)NOCC(=O)O)cc(Cl)c1Cl. The second-order valence-corrected chi connectivity index (χ2v) is 3.61. The summed E-state index contributed by atoms with van der Waals surface area (Å²) in [6.07, 6.45) is 0. The first kappa shape index (κ1) is 12.8. The minimum absolute atomic E-state index is 0.167. The molecule has 1 heterocycles. The van der Waals surface area contributed by atoms with E-state index in [-0.39, 0.29) is 15.9 Å². The van der Waals surface area contributed by atoms with E-state index >= 15 is 0 Å². The van der Waals surface area contributed by atoms with Gasteiger partial charge in [-0.05, 0) is 6.07 Å². The number of carbonyl (C=O) groups is 2. The van der Waals surface area contributed by atoms with E-state index in [1.165, 1.54) is 10.6 Å². The summed E-state index contributed by atoms with van der Waals surface area (Å²) in [6.45, 7) is -0.627. The number of nitrogens with one attached hydrogen (secondary N) is 1. The Morgan fingerprint density at radius 2 is 2.19 bits per heavy atom. The number of hydroxylamine groups is 1. The summed E-state index contributed by atoms with van der Waals surface area (Å²) in [5, 5.41) is 8.72. The molecule has 2 N–H and O–H groups in total. The topological polar surface area (TPSA) is 80.6 Å². The smallest absolute Gasteiger partial charge is 0.332 e. The summed E-state index contributed by atoms with van der Waals surface area (Å²) in [5.74, 6) is -1.82. The highest BCUT2D eigenvalue weighted by Crippen LogP contribution is 2.24. The van der Waals surface area contributed by atoms with Crippen LogP contribution in [0.5, 0.6) is 0 Å². The predicted octanol–water partition coefficient (Wildman–Crippen LogP) is 1.08. The van der Waals surface area contributed by atoms with E-state index in [9.17, 15) is 9.59 Å². The van der Waals surface area contributed by atoms with Crippen molar-refractivity contribution in [2.75, 3.05) is 6.61 Å². The second kappa shape index (κ2) is 5.20. The van der Waals surface area contributed by atoms with E-state index in [2.05, 4.69) is 4.84 Å². The van der Waals surface area contributed by atoms with Crippen LogP contribution in [-0.4, -0.2) is 28.2 Å². The Balaban J connectivity index is 2.66. The Bertz CT molecular complexity index is 430. The number of nitrogens with zero attached hydrogens (tertiary/aromatic N) is 1. The second-order valence-electron chi connectivity index (χ2n) is 2.84. The van der Waals surface area contributed by atoms with Crippen LogP contribution < -0.4 is 5.48 Å². The first-order chi connectivity index (χ1) is 7.43. The van der Waals surface area contributed by atoms with Gasteiger partial charge in [0.05, 0.1) is 5.02 Å². The van der Waals surface area contributed by atoms with Crippen LogP contribution in [0.4, 0.5) is 0 Å². The molecule has 1 aromatic heterocycles. The fourth-order valence-electron chi connectivity index (χ4n) is 0.976. The molecule has 1 aromatic rings. The number of aliphatic carboxylic acids is 1. The van der Waals surface area contributed by atoms with Crippen molar-refractivity contribution >= 4 is 35.1 Å². The summed E-state index contributed by atoms with van der Waals surface area (Å²) in [7, 11) is 1.54. The maximum absolute atomic E-state index is 11.4. The highest BCUT2D eigenvalue weighted by atomic mass is 35.5. The lowest BCUT2D eigenvalue weighted by Gasteiger charge is -2.04. The van der Waals surface area contributed by atoms with Crippen LogP contribution in [0.2, 0.25) is 10.2 Å². The number of carboxylic acid groups (broad SMARTS) is 1. The molecular formula is C8H8Cl2N2O4. The number of rotatable bonds is 4. The molecule has 0 saturated heterocycles. The third-order valence-electron chi connectivity index (χ3n) is 1.71. The highest BCUT2D eigenvalue weighted by molar-refractivity contribution is 6.41. The molecule has 0 spiro atoms. The van der Waals surface area contributed by atoms with Crippen LogP contribution in [0.25, 0.3) is 0 Å². The molecule has 0 saturated carbocycles. The Labute approximate surface area is 101 Å². The zero-order valence-electron chi connectivity index (χ0n) is 8.16. The number of hydrogen-bond acceptors (Lipinski definition) is 3. The van der Waals surface area contributed by atoms with Crippen molar-refractivity contribution in [3.63, 3.8) is 0 Å². The molecule has 6 nitrogen and oxygen atoms in total. The van der Waals surface area contributed by atoms with Crippen LogP contribution in [0, 0.1) is 0 Å². The average Bonchev–Trinajstić information content (AvgIpc) is 2.45. The summed E-state index contributed by atoms with van der Waals surface area (Å²) in [4.78, 5) is 26.0. The lowest BCUT2D eigenvalue weighted by Crippen LogP contribution is -2.28. The van der Waals surface area contributed by atoms with Gasteiger partial charge in [-0.1, -0.05) is 23.2 Å². The van der Waals surface area contributed by atoms with Crippen LogP contribution in [0.1, 0.15) is 10.5 Å². The van der Waals surface area contributed by atoms with Crippen molar-refractivity contribution in [1.29, 1.82) is 0 Å². The quantitative estimate of drug-likeness (QED) is 0.800. The van der Waals surface area contributed by atoms with Gasteiger partial charge in [-0.2, -0.15) is 0 Å². The van der Waals surface area contributed by atoms with Crippen molar-refractivity contribution in [2.45, 2.75) is 0 Å². The van der Waals surface area contributed by atoms with Crippen LogP contribution >= 0.6 is 23.2 Å². The number of aromatic nitrogens is 1. The Hall–Kier alpha value is -1.24. The summed E-state index contributed by atoms with van der Waals surface area (Å²) >= 11 is 11.4. The molecule has 1 amide bonds. The number of hydrogen-bond donors (Lipinski definition) is 2. The monoisotopic (exact) mass is 266 g/mol. The van der Waals surface area contributed by atoms with E-state index in [4.69, 9.17) is 28.3 Å². The molecule has 16 heavy (non-hydrogen) atoms. The van der Waals surface area contributed by atoms with E-state index in [1.54, 1.807) is 7.05 Å². The Morgan fingerprint density at radius 1 is 1.56 bits per heavy atom. The molecule has 0 fully saturated rings. The molecule has 1 rings (SSSR count). The minimum Gasteiger partial charge on any atom is -0.479 e. The van der Waals surface area contributed by atoms with E-state index in [0.717, 1.165) is 0 Å². The van der Waals surface area contributed by atoms with Gasteiger partial charge in [0.15, 0.2) is 6.61 Å². The van der Waals surface area contributed by atoms with Crippen LogP contribution in [-0.2, 0) is 16.7 Å². The summed E-state index contributed by atoms with van der Waals surface area (Å²) in [5.41, 5.74) is 2.12. The molecule has 0 atom stereocenters. The number of amides is 1. The third-order valence-corrected chi connectivity index (χ3v) is 2.55. The van der Waals surface area contributed by atoms with Gasteiger partial charge in [0.25, 0.3) is 5.91 Å². The fourth-order valence-corrected chi connectivity index (χ4v) is 1.35. The van der Waals surface area contributed by atoms with Gasteiger partial charge in [-0.15, -0.1) is 0 Å². The van der Waals surface area contributed by atoms with Crippen molar-refractivity contribution in [2.24, 2.45) is 7.05 Å². The molecule has 0 bridgehead atoms. The lowest BCUT2D eigenvalue weighted by atomic mass is 10.4. The van der Waals surface area contributed by atoms with Crippen molar-refractivity contribution in [3.05, 3.63) is 21.9 Å². The van der Waals surface area contributed by atoms with Crippen LogP contribution in [0.3, 0.4) is 0 Å². The number of carboxylic acids is 1. The zero-order valence-corrected chi connectivity index (χ0v) is 9.67. The van der Waals surface area contributed by atoms with E-state index < -0.39 is 18.5 Å². The van der Waals surface area contributed by atoms with Gasteiger partial charge in [0, 0.05) is 7.05 Å². The van der Waals surface area contributed by atoms with E-state index in [1.807, 2.05) is 5.48 Å². The molecule has 0 aliphatic heterocycles. The maximum atomic E-state index is 11.4. The maximum Gasteiger partial charge on any atom is 0.332 e. The third kappa shape index (κ3) is 2.88. The molecule has 0 aromatic carbocycles.